The molecule has 0 unspecified atom stereocenters. The molecule has 16 heavy (non-hydrogen) atoms. The van der Waals surface area contributed by atoms with Crippen LogP contribution in [0, 0.1) is 0 Å². The van der Waals surface area contributed by atoms with Crippen LogP contribution in [0.2, 0.25) is 0 Å². The van der Waals surface area contributed by atoms with Gasteiger partial charge in [-0.05, 0) is 0 Å². The maximum atomic E-state index is 11.6. The van der Waals surface area contributed by atoms with Crippen molar-refractivity contribution in [2.75, 3.05) is 19.1 Å². The second-order valence-electron chi connectivity index (χ2n) is 2.88. The van der Waals surface area contributed by atoms with Crippen LogP contribution in [0.1, 0.15) is 0 Å². The fourth-order valence-corrected chi connectivity index (χ4v) is 1.70. The van der Waals surface area contributed by atoms with Gasteiger partial charge < -0.3 is 4.74 Å². The first-order valence-electron chi connectivity index (χ1n) is 4.10. The molecule has 2 heterocycles. The number of carbonyl (C=O) groups is 3. The lowest BCUT2D eigenvalue weighted by Crippen LogP contribution is -2.31. The number of hydrogen-bond donors (Lipinski definition) is 0. The summed E-state index contributed by atoms with van der Waals surface area (Å²) in [7, 11) is 2.55. The summed E-state index contributed by atoms with van der Waals surface area (Å²) in [6, 6.07) is -0.763. The number of ether oxygens (including phenoxy) is 1. The number of anilines is 1. The number of carbonyl (C=O) groups excluding carboxylic acids is 3. The van der Waals surface area contributed by atoms with Gasteiger partial charge in [0.1, 0.15) is 0 Å². The van der Waals surface area contributed by atoms with Gasteiger partial charge in [-0.3, -0.25) is 14.5 Å². The van der Waals surface area contributed by atoms with Gasteiger partial charge in [-0.1, -0.05) is 0 Å². The van der Waals surface area contributed by atoms with Crippen molar-refractivity contribution in [2.45, 2.75) is 0 Å². The number of urea groups is 1. The summed E-state index contributed by atoms with van der Waals surface area (Å²) in [4.78, 5) is 35.7. The first-order valence-corrected chi connectivity index (χ1v) is 4.83. The smallest absolute Gasteiger partial charge is 0.340 e. The third kappa shape index (κ3) is 1.25. The van der Waals surface area contributed by atoms with E-state index in [2.05, 4.69) is 8.75 Å². The number of rotatable bonds is 2. The van der Waals surface area contributed by atoms with Crippen molar-refractivity contribution in [2.24, 2.45) is 0 Å². The van der Waals surface area contributed by atoms with Crippen molar-refractivity contribution >= 4 is 35.4 Å². The summed E-state index contributed by atoms with van der Waals surface area (Å²) in [5.41, 5.74) is 0. The van der Waals surface area contributed by atoms with Crippen LogP contribution >= 0.6 is 11.7 Å². The fourth-order valence-electron chi connectivity index (χ4n) is 1.19. The molecule has 1 fully saturated rings. The minimum absolute atomic E-state index is 0.0369. The number of nitrogens with zero attached hydrogens (tertiary/aromatic N) is 4. The molecule has 0 saturated carbocycles. The maximum absolute atomic E-state index is 11.6. The Balaban J connectivity index is 2.46. The number of likely N-dealkylation sites (N-methyl/N-ethyl adjacent to an activating group) is 1. The summed E-state index contributed by atoms with van der Waals surface area (Å²) < 4.78 is 12.3. The van der Waals surface area contributed by atoms with E-state index in [1.54, 1.807) is 0 Å². The summed E-state index contributed by atoms with van der Waals surface area (Å²) in [5, 5.41) is 0. The second-order valence-corrected chi connectivity index (χ2v) is 3.41. The molecule has 0 atom stereocenters. The number of methoxy groups -OCH3 is 1. The average Bonchev–Trinajstić information content (AvgIpc) is 2.80. The van der Waals surface area contributed by atoms with Gasteiger partial charge in [0.05, 0.1) is 18.8 Å². The molecule has 84 valence electrons. The monoisotopic (exact) mass is 242 g/mol. The van der Waals surface area contributed by atoms with Crippen molar-refractivity contribution in [3.8, 4) is 5.88 Å². The van der Waals surface area contributed by atoms with Crippen LogP contribution in [0.25, 0.3) is 0 Å². The van der Waals surface area contributed by atoms with E-state index in [4.69, 9.17) is 4.74 Å². The third-order valence-electron chi connectivity index (χ3n) is 2.02. The van der Waals surface area contributed by atoms with Crippen LogP contribution in [-0.4, -0.2) is 45.6 Å². The fraction of sp³-hybridized carbons (Fsp3) is 0.286. The molecule has 1 aliphatic rings. The highest BCUT2D eigenvalue weighted by molar-refractivity contribution is 6.99. The van der Waals surface area contributed by atoms with E-state index in [9.17, 15) is 14.4 Å². The quantitative estimate of drug-likeness (QED) is 0.511. The normalized spacial score (nSPS) is 16.2. The molecule has 0 spiro atoms. The first-order chi connectivity index (χ1) is 7.57. The molecule has 0 N–H and O–H groups in total. The van der Waals surface area contributed by atoms with Gasteiger partial charge in [0.15, 0.2) is 0 Å². The minimum Gasteiger partial charge on any atom is -0.478 e. The molecule has 0 aliphatic carbocycles. The van der Waals surface area contributed by atoms with Gasteiger partial charge >= 0.3 is 17.8 Å². The van der Waals surface area contributed by atoms with Crippen LogP contribution in [0.3, 0.4) is 0 Å². The Bertz CT molecular complexity index is 484. The highest BCUT2D eigenvalue weighted by Gasteiger charge is 2.45. The Morgan fingerprint density at radius 3 is 2.38 bits per heavy atom. The summed E-state index contributed by atoms with van der Waals surface area (Å²) in [5.74, 6) is -1.88. The molecule has 0 bridgehead atoms. The van der Waals surface area contributed by atoms with E-state index in [0.29, 0.717) is 9.80 Å². The number of amides is 4. The van der Waals surface area contributed by atoms with Gasteiger partial charge in [-0.15, -0.1) is 8.75 Å². The van der Waals surface area contributed by atoms with Crippen molar-refractivity contribution in [3.05, 3.63) is 0 Å². The maximum Gasteiger partial charge on any atom is 0.340 e. The van der Waals surface area contributed by atoms with E-state index in [0.717, 1.165) is 11.7 Å². The Labute approximate surface area is 93.7 Å². The van der Waals surface area contributed by atoms with Gasteiger partial charge in [0.25, 0.3) is 5.88 Å². The standard InChI is InChI=1S/C7H6N4O4S/c1-10-5(12)6(13)11(7(10)14)3-4(15-2)9-16-8-3/h1-2H3. The SMILES string of the molecule is COc1nsnc1N1C(=O)C(=O)N(C)C1=O. The van der Waals surface area contributed by atoms with E-state index >= 15 is 0 Å². The van der Waals surface area contributed by atoms with Crippen LogP contribution in [0.5, 0.6) is 5.88 Å². The highest BCUT2D eigenvalue weighted by atomic mass is 32.1. The van der Waals surface area contributed by atoms with Crippen LogP contribution in [0.4, 0.5) is 10.6 Å². The lowest BCUT2D eigenvalue weighted by atomic mass is 10.5. The Morgan fingerprint density at radius 1 is 1.19 bits per heavy atom. The Morgan fingerprint density at radius 2 is 1.88 bits per heavy atom. The summed E-state index contributed by atoms with van der Waals surface area (Å²) >= 11 is 0.783. The van der Waals surface area contributed by atoms with Crippen LogP contribution in [0.15, 0.2) is 0 Å². The van der Waals surface area contributed by atoms with E-state index in [1.807, 2.05) is 0 Å². The molecule has 1 aliphatic heterocycles. The van der Waals surface area contributed by atoms with Crippen molar-refractivity contribution in [3.63, 3.8) is 0 Å². The van der Waals surface area contributed by atoms with Crippen LogP contribution < -0.4 is 9.64 Å². The lowest BCUT2D eigenvalue weighted by Gasteiger charge is -2.09. The average molecular weight is 242 g/mol. The number of hydrogen-bond acceptors (Lipinski definition) is 7. The largest absolute Gasteiger partial charge is 0.478 e. The molecule has 1 aromatic rings. The molecular formula is C7H6N4O4S. The topological polar surface area (TPSA) is 92.7 Å². The van der Waals surface area contributed by atoms with Crippen LogP contribution in [-0.2, 0) is 9.59 Å². The molecule has 8 nitrogen and oxygen atoms in total. The minimum atomic E-state index is -0.960. The van der Waals surface area contributed by atoms with E-state index in [-0.39, 0.29) is 11.7 Å². The molecule has 0 aromatic carbocycles. The predicted octanol–water partition coefficient (Wildman–Crippen LogP) is -0.528. The third-order valence-corrected chi connectivity index (χ3v) is 2.52. The predicted molar refractivity (Wildman–Crippen MR) is 52.1 cm³/mol. The Kier molecular flexibility index (Phi) is 2.31. The molecule has 0 radical (unpaired) electrons. The van der Waals surface area contributed by atoms with Crippen molar-refractivity contribution < 1.29 is 19.1 Å². The molecule has 2 rings (SSSR count). The molecule has 9 heteroatoms. The van der Waals surface area contributed by atoms with E-state index < -0.39 is 17.8 Å². The zero-order valence-electron chi connectivity index (χ0n) is 8.33. The molecule has 1 aromatic heterocycles. The first kappa shape index (κ1) is 10.5. The summed E-state index contributed by atoms with van der Waals surface area (Å²) in [6.45, 7) is 0. The number of imide groups is 2. The molecule has 1 saturated heterocycles. The molecular weight excluding hydrogens is 236 g/mol. The zero-order valence-corrected chi connectivity index (χ0v) is 9.15. The highest BCUT2D eigenvalue weighted by Crippen LogP contribution is 2.28. The number of aromatic nitrogens is 2. The molecule has 4 amide bonds. The lowest BCUT2D eigenvalue weighted by molar-refractivity contribution is -0.138. The van der Waals surface area contributed by atoms with Gasteiger partial charge in [0.2, 0.25) is 5.82 Å². The van der Waals surface area contributed by atoms with Crippen molar-refractivity contribution in [1.82, 2.24) is 13.6 Å². The van der Waals surface area contributed by atoms with E-state index in [1.165, 1.54) is 14.2 Å². The zero-order chi connectivity index (χ0) is 11.9. The second kappa shape index (κ2) is 3.52. The van der Waals surface area contributed by atoms with Gasteiger partial charge in [0, 0.05) is 7.05 Å². The summed E-state index contributed by atoms with van der Waals surface area (Å²) in [6.07, 6.45) is 0. The van der Waals surface area contributed by atoms with Gasteiger partial charge in [-0.2, -0.15) is 0 Å². The Hall–Kier alpha value is -2.03. The van der Waals surface area contributed by atoms with Gasteiger partial charge in [-0.25, -0.2) is 9.69 Å². The van der Waals surface area contributed by atoms with Crippen molar-refractivity contribution in [1.29, 1.82) is 0 Å².